The van der Waals surface area contributed by atoms with Gasteiger partial charge in [0.05, 0.1) is 16.6 Å². The largest absolute Gasteiger partial charge is 0.346 e. The summed E-state index contributed by atoms with van der Waals surface area (Å²) in [7, 11) is 0. The van der Waals surface area contributed by atoms with Crippen molar-refractivity contribution in [3.05, 3.63) is 58.5 Å². The van der Waals surface area contributed by atoms with Crippen molar-refractivity contribution in [2.45, 2.75) is 18.9 Å². The number of amides is 2. The summed E-state index contributed by atoms with van der Waals surface area (Å²) < 4.78 is 1.63. The highest BCUT2D eigenvalue weighted by Gasteiger charge is 2.26. The maximum Gasteiger partial charge on any atom is 0.270 e. The molecule has 1 N–H and O–H groups in total. The topological polar surface area (TPSA) is 66.7 Å². The number of carbonyl (C=O) groups excluding carboxylic acids is 2. The molecule has 4 rings (SSSR count). The summed E-state index contributed by atoms with van der Waals surface area (Å²) in [5, 5.41) is 9.16. The average Bonchev–Trinajstić information content (AvgIpc) is 3.32. The van der Waals surface area contributed by atoms with Crippen molar-refractivity contribution in [2.75, 3.05) is 13.1 Å². The zero-order valence-electron chi connectivity index (χ0n) is 13.6. The van der Waals surface area contributed by atoms with E-state index in [9.17, 15) is 9.59 Å². The minimum Gasteiger partial charge on any atom is -0.346 e. The monoisotopic (exact) mass is 354 g/mol. The normalized spacial score (nSPS) is 17.6. The molecule has 1 aliphatic rings. The Morgan fingerprint density at radius 1 is 1.20 bits per heavy atom. The number of thiophene rings is 1. The van der Waals surface area contributed by atoms with Crippen molar-refractivity contribution in [1.82, 2.24) is 19.8 Å². The number of aromatic nitrogens is 2. The fourth-order valence-corrected chi connectivity index (χ4v) is 3.91. The fourth-order valence-electron chi connectivity index (χ4n) is 3.22. The fraction of sp³-hybridized carbons (Fsp3) is 0.278. The lowest BCUT2D eigenvalue weighted by Gasteiger charge is -2.33. The molecular formula is C18H18N4O2S. The molecule has 0 spiro atoms. The third-order valence-electron chi connectivity index (χ3n) is 4.43. The van der Waals surface area contributed by atoms with Gasteiger partial charge in [0, 0.05) is 19.1 Å². The van der Waals surface area contributed by atoms with Crippen LogP contribution in [0.5, 0.6) is 0 Å². The van der Waals surface area contributed by atoms with Crippen molar-refractivity contribution >= 4 is 28.7 Å². The van der Waals surface area contributed by atoms with E-state index in [-0.39, 0.29) is 17.9 Å². The Bertz CT molecular complexity index is 903. The van der Waals surface area contributed by atoms with Crippen LogP contribution in [0.1, 0.15) is 33.0 Å². The lowest BCUT2D eigenvalue weighted by atomic mass is 10.1. The second-order valence-electron chi connectivity index (χ2n) is 6.12. The van der Waals surface area contributed by atoms with Gasteiger partial charge in [-0.3, -0.25) is 9.59 Å². The SMILES string of the molecule is O=C(NC1CCCN(C(=O)c2cccs2)C1)c1cccc2ccnn12. The molecule has 3 aromatic heterocycles. The first-order valence-electron chi connectivity index (χ1n) is 8.29. The van der Waals surface area contributed by atoms with E-state index in [4.69, 9.17) is 0 Å². The van der Waals surface area contributed by atoms with Gasteiger partial charge in [-0.05, 0) is 42.5 Å². The highest BCUT2D eigenvalue weighted by atomic mass is 32.1. The molecule has 0 radical (unpaired) electrons. The van der Waals surface area contributed by atoms with Gasteiger partial charge in [0.2, 0.25) is 0 Å². The van der Waals surface area contributed by atoms with Crippen LogP contribution in [0.15, 0.2) is 48.0 Å². The molecule has 7 heteroatoms. The van der Waals surface area contributed by atoms with Gasteiger partial charge in [-0.2, -0.15) is 5.10 Å². The average molecular weight is 354 g/mol. The van der Waals surface area contributed by atoms with E-state index in [0.717, 1.165) is 29.8 Å². The molecule has 1 saturated heterocycles. The Balaban J connectivity index is 1.46. The van der Waals surface area contributed by atoms with Crippen LogP contribution in [-0.4, -0.2) is 45.5 Å². The van der Waals surface area contributed by atoms with Crippen molar-refractivity contribution in [3.63, 3.8) is 0 Å². The number of rotatable bonds is 3. The van der Waals surface area contributed by atoms with E-state index in [1.165, 1.54) is 11.3 Å². The van der Waals surface area contributed by atoms with Crippen LogP contribution >= 0.6 is 11.3 Å². The van der Waals surface area contributed by atoms with Crippen molar-refractivity contribution in [2.24, 2.45) is 0 Å². The number of hydrogen-bond acceptors (Lipinski definition) is 4. The maximum absolute atomic E-state index is 12.7. The molecule has 4 heterocycles. The minimum atomic E-state index is -0.162. The van der Waals surface area contributed by atoms with E-state index in [1.54, 1.807) is 16.8 Å². The Kier molecular flexibility index (Phi) is 4.23. The molecule has 1 atom stereocenters. The lowest BCUT2D eigenvalue weighted by molar-refractivity contribution is 0.0679. The molecule has 2 amide bonds. The minimum absolute atomic E-state index is 0.0446. The van der Waals surface area contributed by atoms with Crippen LogP contribution in [-0.2, 0) is 0 Å². The van der Waals surface area contributed by atoms with Crippen LogP contribution < -0.4 is 5.32 Å². The number of hydrogen-bond donors (Lipinski definition) is 1. The molecular weight excluding hydrogens is 336 g/mol. The van der Waals surface area contributed by atoms with Crippen molar-refractivity contribution in [3.8, 4) is 0 Å². The highest BCUT2D eigenvalue weighted by Crippen LogP contribution is 2.17. The summed E-state index contributed by atoms with van der Waals surface area (Å²) in [6.45, 7) is 1.27. The first-order chi connectivity index (χ1) is 12.2. The van der Waals surface area contributed by atoms with Gasteiger partial charge >= 0.3 is 0 Å². The number of piperidine rings is 1. The first-order valence-corrected chi connectivity index (χ1v) is 9.17. The maximum atomic E-state index is 12.7. The summed E-state index contributed by atoms with van der Waals surface area (Å²) in [6, 6.07) is 11.0. The van der Waals surface area contributed by atoms with Crippen LogP contribution in [0, 0.1) is 0 Å². The van der Waals surface area contributed by atoms with Gasteiger partial charge in [-0.25, -0.2) is 4.52 Å². The van der Waals surface area contributed by atoms with E-state index in [2.05, 4.69) is 10.4 Å². The zero-order valence-corrected chi connectivity index (χ0v) is 14.4. The molecule has 1 fully saturated rings. The van der Waals surface area contributed by atoms with Gasteiger partial charge < -0.3 is 10.2 Å². The van der Waals surface area contributed by atoms with Crippen LogP contribution in [0.25, 0.3) is 5.52 Å². The Morgan fingerprint density at radius 2 is 2.12 bits per heavy atom. The number of nitrogens with one attached hydrogen (secondary N) is 1. The molecule has 0 bridgehead atoms. The van der Waals surface area contributed by atoms with Gasteiger partial charge in [-0.1, -0.05) is 12.1 Å². The third-order valence-corrected chi connectivity index (χ3v) is 5.29. The Labute approximate surface area is 149 Å². The smallest absolute Gasteiger partial charge is 0.270 e. The van der Waals surface area contributed by atoms with Crippen LogP contribution in [0.3, 0.4) is 0 Å². The number of likely N-dealkylation sites (tertiary alicyclic amines) is 1. The molecule has 6 nitrogen and oxygen atoms in total. The summed E-state index contributed by atoms with van der Waals surface area (Å²) >= 11 is 1.45. The van der Waals surface area contributed by atoms with E-state index >= 15 is 0 Å². The standard InChI is InChI=1S/C18H18N4O2S/c23-17(15-6-1-5-14-8-9-19-22(14)15)20-13-4-2-10-21(12-13)18(24)16-7-3-11-25-16/h1,3,5-9,11,13H,2,4,10,12H2,(H,20,23). The summed E-state index contributed by atoms with van der Waals surface area (Å²) in [5.41, 5.74) is 1.38. The van der Waals surface area contributed by atoms with E-state index < -0.39 is 0 Å². The van der Waals surface area contributed by atoms with Crippen LogP contribution in [0.4, 0.5) is 0 Å². The van der Waals surface area contributed by atoms with Gasteiger partial charge in [0.1, 0.15) is 5.69 Å². The summed E-state index contributed by atoms with van der Waals surface area (Å²) in [6.07, 6.45) is 3.43. The van der Waals surface area contributed by atoms with Crippen LogP contribution in [0.2, 0.25) is 0 Å². The molecule has 0 aromatic carbocycles. The predicted molar refractivity (Wildman–Crippen MR) is 95.9 cm³/mol. The summed E-state index contributed by atoms with van der Waals surface area (Å²) in [5.74, 6) is -0.118. The third kappa shape index (κ3) is 3.15. The number of fused-ring (bicyclic) bond motifs is 1. The molecule has 1 aliphatic heterocycles. The quantitative estimate of drug-likeness (QED) is 0.785. The lowest BCUT2D eigenvalue weighted by Crippen LogP contribution is -2.49. The Morgan fingerprint density at radius 3 is 2.96 bits per heavy atom. The molecule has 128 valence electrons. The van der Waals surface area contributed by atoms with E-state index in [1.807, 2.05) is 40.6 Å². The van der Waals surface area contributed by atoms with Gasteiger partial charge in [0.25, 0.3) is 11.8 Å². The molecule has 1 unspecified atom stereocenters. The van der Waals surface area contributed by atoms with Crippen molar-refractivity contribution < 1.29 is 9.59 Å². The van der Waals surface area contributed by atoms with Gasteiger partial charge in [0.15, 0.2) is 0 Å². The molecule has 25 heavy (non-hydrogen) atoms. The van der Waals surface area contributed by atoms with E-state index in [0.29, 0.717) is 12.2 Å². The first kappa shape index (κ1) is 15.8. The highest BCUT2D eigenvalue weighted by molar-refractivity contribution is 7.12. The molecule has 0 aliphatic carbocycles. The van der Waals surface area contributed by atoms with Gasteiger partial charge in [-0.15, -0.1) is 11.3 Å². The van der Waals surface area contributed by atoms with Crippen molar-refractivity contribution in [1.29, 1.82) is 0 Å². The zero-order chi connectivity index (χ0) is 17.2. The Hall–Kier alpha value is -2.67. The molecule has 3 aromatic rings. The number of carbonyl (C=O) groups is 2. The second-order valence-corrected chi connectivity index (χ2v) is 7.07. The number of nitrogens with zero attached hydrogens (tertiary/aromatic N) is 3. The summed E-state index contributed by atoms with van der Waals surface area (Å²) in [4.78, 5) is 27.7. The number of pyridine rings is 1. The predicted octanol–water partition coefficient (Wildman–Crippen LogP) is 2.43. The second kappa shape index (κ2) is 6.68. The molecule has 0 saturated carbocycles.